The van der Waals surface area contributed by atoms with E-state index < -0.39 is 0 Å². The van der Waals surface area contributed by atoms with E-state index in [1.54, 1.807) is 0 Å². The first-order chi connectivity index (χ1) is 9.62. The van der Waals surface area contributed by atoms with Crippen molar-refractivity contribution in [2.75, 3.05) is 0 Å². The number of hydrogen-bond acceptors (Lipinski definition) is 2. The molecule has 0 saturated heterocycles. The van der Waals surface area contributed by atoms with E-state index in [0.29, 0.717) is 0 Å². The molecule has 0 radical (unpaired) electrons. The van der Waals surface area contributed by atoms with Crippen LogP contribution in [0.1, 0.15) is 79.4 Å². The van der Waals surface area contributed by atoms with Crippen LogP contribution in [-0.4, -0.2) is 11.1 Å². The summed E-state index contributed by atoms with van der Waals surface area (Å²) in [6.45, 7) is 17.5. The molecular formula is C20H36N2. The maximum absolute atomic E-state index is 6.25. The zero-order valence-corrected chi connectivity index (χ0v) is 15.9. The Bertz CT molecular complexity index is 456. The quantitative estimate of drug-likeness (QED) is 0.813. The third kappa shape index (κ3) is 5.73. The van der Waals surface area contributed by atoms with Crippen molar-refractivity contribution in [3.8, 4) is 0 Å². The molecule has 22 heavy (non-hydrogen) atoms. The van der Waals surface area contributed by atoms with Crippen molar-refractivity contribution in [1.29, 1.82) is 0 Å². The topological polar surface area (TPSA) is 52.0 Å². The maximum Gasteiger partial charge on any atom is 0.0105 e. The lowest BCUT2D eigenvalue weighted by Gasteiger charge is -2.36. The Morgan fingerprint density at radius 1 is 0.682 bits per heavy atom. The minimum Gasteiger partial charge on any atom is -0.326 e. The highest BCUT2D eigenvalue weighted by molar-refractivity contribution is 5.34. The number of rotatable bonds is 6. The lowest BCUT2D eigenvalue weighted by Crippen LogP contribution is -2.40. The minimum absolute atomic E-state index is 0.0581. The van der Waals surface area contributed by atoms with E-state index in [1.165, 1.54) is 11.1 Å². The molecule has 0 aliphatic rings. The van der Waals surface area contributed by atoms with Gasteiger partial charge in [-0.1, -0.05) is 52.0 Å². The molecule has 0 heterocycles. The molecule has 1 rings (SSSR count). The third-order valence-corrected chi connectivity index (χ3v) is 4.22. The van der Waals surface area contributed by atoms with E-state index in [9.17, 15) is 0 Å². The second-order valence-electron chi connectivity index (χ2n) is 9.68. The fraction of sp³-hybridized carbons (Fsp3) is 0.700. The van der Waals surface area contributed by atoms with Crippen LogP contribution in [-0.2, 0) is 10.8 Å². The molecule has 2 heteroatoms. The first-order valence-electron chi connectivity index (χ1n) is 8.31. The van der Waals surface area contributed by atoms with Gasteiger partial charge in [0.25, 0.3) is 0 Å². The van der Waals surface area contributed by atoms with Crippen molar-refractivity contribution in [3.05, 3.63) is 35.4 Å². The summed E-state index contributed by atoms with van der Waals surface area (Å²) >= 11 is 0. The highest BCUT2D eigenvalue weighted by atomic mass is 14.7. The number of benzene rings is 1. The van der Waals surface area contributed by atoms with Gasteiger partial charge >= 0.3 is 0 Å². The highest BCUT2D eigenvalue weighted by Crippen LogP contribution is 2.36. The summed E-state index contributed by atoms with van der Waals surface area (Å²) in [6.07, 6.45) is 1.90. The summed E-state index contributed by atoms with van der Waals surface area (Å²) in [5, 5.41) is 0. The van der Waals surface area contributed by atoms with Gasteiger partial charge in [0.2, 0.25) is 0 Å². The van der Waals surface area contributed by atoms with Crippen molar-refractivity contribution >= 4 is 0 Å². The van der Waals surface area contributed by atoms with Crippen LogP contribution in [0.2, 0.25) is 0 Å². The summed E-state index contributed by atoms with van der Waals surface area (Å²) < 4.78 is 0. The smallest absolute Gasteiger partial charge is 0.0105 e. The van der Waals surface area contributed by atoms with E-state index in [0.717, 1.165) is 12.8 Å². The normalized spacial score (nSPS) is 14.3. The Labute approximate surface area is 137 Å². The van der Waals surface area contributed by atoms with Gasteiger partial charge < -0.3 is 11.5 Å². The molecule has 4 N–H and O–H groups in total. The molecule has 0 unspecified atom stereocenters. The lowest BCUT2D eigenvalue weighted by atomic mass is 9.71. The molecule has 0 amide bonds. The van der Waals surface area contributed by atoms with Gasteiger partial charge in [0.15, 0.2) is 0 Å². The van der Waals surface area contributed by atoms with Gasteiger partial charge in [0.05, 0.1) is 0 Å². The van der Waals surface area contributed by atoms with Crippen LogP contribution < -0.4 is 11.5 Å². The average molecular weight is 305 g/mol. The van der Waals surface area contributed by atoms with Crippen LogP contribution in [0.15, 0.2) is 24.3 Å². The number of hydrogen-bond donors (Lipinski definition) is 2. The van der Waals surface area contributed by atoms with Crippen LogP contribution >= 0.6 is 0 Å². The van der Waals surface area contributed by atoms with Crippen molar-refractivity contribution in [3.63, 3.8) is 0 Å². The molecule has 0 saturated carbocycles. The van der Waals surface area contributed by atoms with Crippen LogP contribution in [0.25, 0.3) is 0 Å². The molecule has 0 aliphatic heterocycles. The second-order valence-corrected chi connectivity index (χ2v) is 9.68. The Kier molecular flexibility index (Phi) is 5.21. The van der Waals surface area contributed by atoms with E-state index in [1.807, 2.05) is 0 Å². The van der Waals surface area contributed by atoms with Crippen molar-refractivity contribution in [2.24, 2.45) is 11.5 Å². The molecule has 0 aromatic heterocycles. The standard InChI is InChI=1S/C20H36N2/c1-17(2,13-19(5,6)21)15-10-9-11-16(12-15)18(3,4)14-20(7,8)22/h9-12H,13-14,21-22H2,1-8H3. The summed E-state index contributed by atoms with van der Waals surface area (Å²) in [5.74, 6) is 0. The SMILES string of the molecule is CC(C)(N)CC(C)(C)c1cccc(C(C)(C)CC(C)(C)N)c1. The zero-order valence-electron chi connectivity index (χ0n) is 15.9. The fourth-order valence-electron chi connectivity index (χ4n) is 3.84. The maximum atomic E-state index is 6.25. The van der Waals surface area contributed by atoms with E-state index in [2.05, 4.69) is 79.7 Å². The molecule has 1 aromatic rings. The van der Waals surface area contributed by atoms with Crippen molar-refractivity contribution < 1.29 is 0 Å². The second kappa shape index (κ2) is 5.98. The third-order valence-electron chi connectivity index (χ3n) is 4.22. The Morgan fingerprint density at radius 3 is 1.27 bits per heavy atom. The van der Waals surface area contributed by atoms with Crippen LogP contribution in [0, 0.1) is 0 Å². The molecule has 0 aliphatic carbocycles. The summed E-state index contributed by atoms with van der Waals surface area (Å²) in [7, 11) is 0. The lowest BCUT2D eigenvalue weighted by molar-refractivity contribution is 0.343. The Morgan fingerprint density at radius 2 is 1.00 bits per heavy atom. The van der Waals surface area contributed by atoms with Gasteiger partial charge in [-0.2, -0.15) is 0 Å². The van der Waals surface area contributed by atoms with Crippen molar-refractivity contribution in [1.82, 2.24) is 0 Å². The molecular weight excluding hydrogens is 268 g/mol. The van der Waals surface area contributed by atoms with E-state index in [4.69, 9.17) is 11.5 Å². The van der Waals surface area contributed by atoms with E-state index in [-0.39, 0.29) is 21.9 Å². The Balaban J connectivity index is 3.14. The fourth-order valence-corrected chi connectivity index (χ4v) is 3.84. The number of nitrogens with two attached hydrogens (primary N) is 2. The molecule has 1 aromatic carbocycles. The zero-order chi connectivity index (χ0) is 17.4. The first-order valence-corrected chi connectivity index (χ1v) is 8.31. The molecule has 126 valence electrons. The van der Waals surface area contributed by atoms with Gasteiger partial charge in [-0.3, -0.25) is 0 Å². The van der Waals surface area contributed by atoms with Crippen LogP contribution in [0.5, 0.6) is 0 Å². The van der Waals surface area contributed by atoms with Crippen LogP contribution in [0.4, 0.5) is 0 Å². The monoisotopic (exact) mass is 304 g/mol. The first kappa shape index (κ1) is 19.2. The summed E-state index contributed by atoms with van der Waals surface area (Å²) in [6, 6.07) is 8.95. The highest BCUT2D eigenvalue weighted by Gasteiger charge is 2.31. The van der Waals surface area contributed by atoms with Crippen molar-refractivity contribution in [2.45, 2.75) is 90.1 Å². The minimum atomic E-state index is -0.172. The van der Waals surface area contributed by atoms with Crippen LogP contribution in [0.3, 0.4) is 0 Å². The molecule has 0 fully saturated rings. The van der Waals surface area contributed by atoms with Gasteiger partial charge in [-0.25, -0.2) is 0 Å². The largest absolute Gasteiger partial charge is 0.326 e. The van der Waals surface area contributed by atoms with Gasteiger partial charge in [-0.05, 0) is 62.5 Å². The predicted molar refractivity (Wildman–Crippen MR) is 98.3 cm³/mol. The van der Waals surface area contributed by atoms with Gasteiger partial charge in [0, 0.05) is 11.1 Å². The molecule has 0 bridgehead atoms. The molecule has 0 spiro atoms. The Hall–Kier alpha value is -0.860. The predicted octanol–water partition coefficient (Wildman–Crippen LogP) is 4.50. The molecule has 2 nitrogen and oxygen atoms in total. The molecule has 0 atom stereocenters. The summed E-state index contributed by atoms with van der Waals surface area (Å²) in [5.41, 5.74) is 15.0. The average Bonchev–Trinajstić information content (AvgIpc) is 2.22. The van der Waals surface area contributed by atoms with E-state index >= 15 is 0 Å². The summed E-state index contributed by atoms with van der Waals surface area (Å²) in [4.78, 5) is 0. The van der Waals surface area contributed by atoms with Gasteiger partial charge in [-0.15, -0.1) is 0 Å². The van der Waals surface area contributed by atoms with Gasteiger partial charge in [0.1, 0.15) is 0 Å².